The molecule has 0 aliphatic heterocycles. The smallest absolute Gasteiger partial charge is 0.214 e. The summed E-state index contributed by atoms with van der Waals surface area (Å²) in [6.45, 7) is 1.82. The summed E-state index contributed by atoms with van der Waals surface area (Å²) in [5.74, 6) is -0.395. The Kier molecular flexibility index (Phi) is 5.12. The highest BCUT2D eigenvalue weighted by atomic mass is 79.9. The highest BCUT2D eigenvalue weighted by Gasteiger charge is 2.12. The molecule has 0 aliphatic rings. The summed E-state index contributed by atoms with van der Waals surface area (Å²) in [6.07, 6.45) is 0. The van der Waals surface area contributed by atoms with Gasteiger partial charge in [0.25, 0.3) is 0 Å². The van der Waals surface area contributed by atoms with Crippen LogP contribution < -0.4 is 4.72 Å². The molecule has 1 aromatic rings. The summed E-state index contributed by atoms with van der Waals surface area (Å²) in [6, 6.07) is 9.06. The van der Waals surface area contributed by atoms with Crippen molar-refractivity contribution in [3.63, 3.8) is 0 Å². The topological polar surface area (TPSA) is 70.0 Å². The molecule has 1 rings (SSSR count). The minimum absolute atomic E-state index is 0.0710. The van der Waals surface area contributed by atoms with Gasteiger partial charge in [-0.3, -0.25) is 0 Å². The van der Waals surface area contributed by atoms with E-state index in [2.05, 4.69) is 20.7 Å². The Hall–Kier alpha value is -0.900. The number of rotatable bonds is 5. The van der Waals surface area contributed by atoms with E-state index in [0.29, 0.717) is 5.56 Å². The van der Waals surface area contributed by atoms with Gasteiger partial charge in [0.05, 0.1) is 17.7 Å². The van der Waals surface area contributed by atoms with Crippen molar-refractivity contribution in [1.29, 1.82) is 5.26 Å². The van der Waals surface area contributed by atoms with Crippen LogP contribution in [0.15, 0.2) is 28.7 Å². The molecule has 0 fully saturated rings. The van der Waals surface area contributed by atoms with Crippen LogP contribution >= 0.6 is 15.9 Å². The summed E-state index contributed by atoms with van der Waals surface area (Å²) in [4.78, 5) is 0. The highest BCUT2D eigenvalue weighted by molar-refractivity contribution is 9.10. The van der Waals surface area contributed by atoms with Gasteiger partial charge in [-0.1, -0.05) is 28.1 Å². The molecule has 0 amide bonds. The van der Waals surface area contributed by atoms with E-state index in [1.807, 2.05) is 6.07 Å². The van der Waals surface area contributed by atoms with Crippen molar-refractivity contribution >= 4 is 26.0 Å². The fourth-order valence-corrected chi connectivity index (χ4v) is 2.65. The zero-order chi connectivity index (χ0) is 12.9. The van der Waals surface area contributed by atoms with E-state index in [4.69, 9.17) is 5.26 Å². The van der Waals surface area contributed by atoms with Gasteiger partial charge in [0.15, 0.2) is 0 Å². The third-order valence-corrected chi connectivity index (χ3v) is 3.95. The third-order valence-electron chi connectivity index (χ3n) is 2.10. The molecule has 0 unspecified atom stereocenters. The summed E-state index contributed by atoms with van der Waals surface area (Å²) in [5.41, 5.74) is 0.713. The fourth-order valence-electron chi connectivity index (χ4n) is 1.15. The lowest BCUT2D eigenvalue weighted by Gasteiger charge is -2.07. The van der Waals surface area contributed by atoms with Crippen molar-refractivity contribution in [1.82, 2.24) is 4.72 Å². The SMILES string of the molecule is C[C@H](C#N)CNS(=O)(=O)Cc1ccc(Br)cc1. The number of nitrogens with one attached hydrogen (secondary N) is 1. The third kappa shape index (κ3) is 5.31. The van der Waals surface area contributed by atoms with Crippen molar-refractivity contribution in [2.75, 3.05) is 6.54 Å². The normalized spacial score (nSPS) is 13.0. The predicted octanol–water partition coefficient (Wildman–Crippen LogP) is 2.03. The van der Waals surface area contributed by atoms with Crippen LogP contribution in [0, 0.1) is 17.2 Å². The second kappa shape index (κ2) is 6.15. The maximum absolute atomic E-state index is 11.7. The number of halogens is 1. The number of hydrogen-bond donors (Lipinski definition) is 1. The Balaban J connectivity index is 2.61. The van der Waals surface area contributed by atoms with Gasteiger partial charge in [0.2, 0.25) is 10.0 Å². The zero-order valence-electron chi connectivity index (χ0n) is 9.35. The van der Waals surface area contributed by atoms with Crippen LogP contribution in [0.1, 0.15) is 12.5 Å². The number of benzene rings is 1. The quantitative estimate of drug-likeness (QED) is 0.903. The van der Waals surface area contributed by atoms with Gasteiger partial charge in [0, 0.05) is 11.0 Å². The van der Waals surface area contributed by atoms with Gasteiger partial charge in [-0.15, -0.1) is 0 Å². The molecule has 0 bridgehead atoms. The van der Waals surface area contributed by atoms with Crippen LogP contribution in [-0.2, 0) is 15.8 Å². The zero-order valence-corrected chi connectivity index (χ0v) is 11.8. The van der Waals surface area contributed by atoms with Crippen molar-refractivity contribution in [3.8, 4) is 6.07 Å². The number of nitriles is 1. The largest absolute Gasteiger partial charge is 0.215 e. The summed E-state index contributed by atoms with van der Waals surface area (Å²) in [5, 5.41) is 8.56. The Labute approximate surface area is 110 Å². The summed E-state index contributed by atoms with van der Waals surface area (Å²) in [7, 11) is -3.37. The minimum Gasteiger partial charge on any atom is -0.214 e. The lowest BCUT2D eigenvalue weighted by atomic mass is 10.2. The van der Waals surface area contributed by atoms with Crippen molar-refractivity contribution in [2.45, 2.75) is 12.7 Å². The van der Waals surface area contributed by atoms with E-state index in [-0.39, 0.29) is 18.2 Å². The van der Waals surface area contributed by atoms with Gasteiger partial charge >= 0.3 is 0 Å². The predicted molar refractivity (Wildman–Crippen MR) is 69.5 cm³/mol. The molecule has 1 N–H and O–H groups in total. The van der Waals surface area contributed by atoms with Gasteiger partial charge in [-0.05, 0) is 24.6 Å². The number of hydrogen-bond acceptors (Lipinski definition) is 3. The summed E-state index contributed by atoms with van der Waals surface area (Å²) < 4.78 is 26.7. The molecule has 1 aromatic carbocycles. The maximum atomic E-state index is 11.7. The highest BCUT2D eigenvalue weighted by Crippen LogP contribution is 2.12. The van der Waals surface area contributed by atoms with E-state index < -0.39 is 10.0 Å². The monoisotopic (exact) mass is 316 g/mol. The van der Waals surface area contributed by atoms with Crippen LogP contribution in [0.5, 0.6) is 0 Å². The van der Waals surface area contributed by atoms with Crippen molar-refractivity contribution in [3.05, 3.63) is 34.3 Å². The first-order valence-electron chi connectivity index (χ1n) is 5.04. The standard InChI is InChI=1S/C11H13BrN2O2S/c1-9(6-13)7-14-17(15,16)8-10-2-4-11(12)5-3-10/h2-5,9,14H,7-8H2,1H3/t9-/m1/s1. The molecule has 0 spiro atoms. The maximum Gasteiger partial charge on any atom is 0.215 e. The van der Waals surface area contributed by atoms with E-state index in [9.17, 15) is 8.42 Å². The van der Waals surface area contributed by atoms with E-state index >= 15 is 0 Å². The molecule has 4 nitrogen and oxygen atoms in total. The molecule has 0 radical (unpaired) electrons. The first-order chi connectivity index (χ1) is 7.93. The Morgan fingerprint density at radius 1 is 1.41 bits per heavy atom. The molecule has 1 atom stereocenters. The molecule has 0 aliphatic carbocycles. The minimum atomic E-state index is -3.37. The van der Waals surface area contributed by atoms with E-state index in [0.717, 1.165) is 4.47 Å². The van der Waals surface area contributed by atoms with Crippen LogP contribution in [-0.4, -0.2) is 15.0 Å². The van der Waals surface area contributed by atoms with Crippen molar-refractivity contribution < 1.29 is 8.42 Å². The van der Waals surface area contributed by atoms with Crippen LogP contribution in [0.2, 0.25) is 0 Å². The lowest BCUT2D eigenvalue weighted by molar-refractivity contribution is 0.572. The van der Waals surface area contributed by atoms with E-state index in [1.165, 1.54) is 0 Å². The van der Waals surface area contributed by atoms with Crippen molar-refractivity contribution in [2.24, 2.45) is 5.92 Å². The molecule has 0 saturated heterocycles. The second-order valence-electron chi connectivity index (χ2n) is 3.76. The first-order valence-corrected chi connectivity index (χ1v) is 7.49. The van der Waals surface area contributed by atoms with Gasteiger partial charge in [0.1, 0.15) is 0 Å². The molecule has 0 aromatic heterocycles. The molecular weight excluding hydrogens is 304 g/mol. The lowest BCUT2D eigenvalue weighted by Crippen LogP contribution is -2.29. The Bertz CT molecular complexity index is 505. The summed E-state index contributed by atoms with van der Waals surface area (Å²) >= 11 is 3.28. The Morgan fingerprint density at radius 3 is 2.53 bits per heavy atom. The molecular formula is C11H13BrN2O2S. The van der Waals surface area contributed by atoms with E-state index in [1.54, 1.807) is 31.2 Å². The van der Waals surface area contributed by atoms with Crippen LogP contribution in [0.4, 0.5) is 0 Å². The Morgan fingerprint density at radius 2 is 2.00 bits per heavy atom. The molecule has 92 valence electrons. The van der Waals surface area contributed by atoms with Gasteiger partial charge < -0.3 is 0 Å². The fraction of sp³-hybridized carbons (Fsp3) is 0.364. The number of sulfonamides is 1. The molecule has 0 saturated carbocycles. The van der Waals surface area contributed by atoms with Gasteiger partial charge in [-0.2, -0.15) is 5.26 Å². The average Bonchev–Trinajstić information content (AvgIpc) is 2.29. The first kappa shape index (κ1) is 14.2. The average molecular weight is 317 g/mol. The molecule has 6 heteroatoms. The number of nitrogens with zero attached hydrogens (tertiary/aromatic N) is 1. The molecule has 0 heterocycles. The van der Waals surface area contributed by atoms with Gasteiger partial charge in [-0.25, -0.2) is 13.1 Å². The second-order valence-corrected chi connectivity index (χ2v) is 6.49. The van der Waals surface area contributed by atoms with Crippen LogP contribution in [0.3, 0.4) is 0 Å². The van der Waals surface area contributed by atoms with Crippen LogP contribution in [0.25, 0.3) is 0 Å². The molecule has 17 heavy (non-hydrogen) atoms.